The molecule has 18 heavy (non-hydrogen) atoms. The van der Waals surface area contributed by atoms with E-state index in [1.54, 1.807) is 11.6 Å². The van der Waals surface area contributed by atoms with Crippen molar-refractivity contribution >= 4 is 23.7 Å². The third kappa shape index (κ3) is 4.32. The maximum absolute atomic E-state index is 11.5. The van der Waals surface area contributed by atoms with Gasteiger partial charge in [0.25, 0.3) is 0 Å². The molecule has 3 amide bonds. The number of nitrogens with one attached hydrogen (secondary N) is 1. The minimum absolute atomic E-state index is 0.391. The predicted octanol–water partition coefficient (Wildman–Crippen LogP) is 0.00460. The topological polar surface area (TPSA) is 116 Å². The van der Waals surface area contributed by atoms with Crippen LogP contribution in [0.3, 0.4) is 0 Å². The number of hydrogen-bond acceptors (Lipinski definition) is 6. The van der Waals surface area contributed by atoms with Crippen LogP contribution in [0.5, 0.6) is 0 Å². The molecule has 0 saturated carbocycles. The fourth-order valence-corrected chi connectivity index (χ4v) is 1.97. The van der Waals surface area contributed by atoms with E-state index >= 15 is 0 Å². The summed E-state index contributed by atoms with van der Waals surface area (Å²) >= 11 is 1.18. The number of urea groups is 1. The third-order valence-corrected chi connectivity index (χ3v) is 3.01. The lowest BCUT2D eigenvalue weighted by molar-refractivity contribution is -0.119. The van der Waals surface area contributed by atoms with E-state index in [9.17, 15) is 9.59 Å². The fraction of sp³-hybridized carbons (Fsp3) is 0.667. The zero-order valence-electron chi connectivity index (χ0n) is 10.5. The van der Waals surface area contributed by atoms with Gasteiger partial charge in [0.1, 0.15) is 0 Å². The van der Waals surface area contributed by atoms with Crippen molar-refractivity contribution in [1.82, 2.24) is 25.5 Å². The van der Waals surface area contributed by atoms with Gasteiger partial charge in [-0.05, 0) is 23.3 Å². The van der Waals surface area contributed by atoms with Gasteiger partial charge in [0, 0.05) is 6.54 Å². The normalized spacial score (nSPS) is 12.4. The second-order valence-corrected chi connectivity index (χ2v) is 5.46. The van der Waals surface area contributed by atoms with Crippen molar-refractivity contribution in [3.05, 3.63) is 0 Å². The molecular weight excluding hydrogens is 256 g/mol. The van der Waals surface area contributed by atoms with Crippen LogP contribution in [0.15, 0.2) is 5.16 Å². The molecule has 0 fully saturated rings. The zero-order valence-corrected chi connectivity index (χ0v) is 11.3. The number of aromatic nitrogens is 4. The van der Waals surface area contributed by atoms with Gasteiger partial charge in [0.05, 0.1) is 5.25 Å². The Labute approximate surface area is 109 Å². The molecular formula is C9H16N6O2S. The van der Waals surface area contributed by atoms with Gasteiger partial charge in [-0.3, -0.25) is 10.1 Å². The molecule has 0 aromatic carbocycles. The Morgan fingerprint density at radius 3 is 2.67 bits per heavy atom. The summed E-state index contributed by atoms with van der Waals surface area (Å²) in [6.07, 6.45) is 0. The summed E-state index contributed by atoms with van der Waals surface area (Å²) in [4.78, 5) is 22.1. The van der Waals surface area contributed by atoms with E-state index in [1.807, 2.05) is 19.2 Å². The van der Waals surface area contributed by atoms with Gasteiger partial charge < -0.3 is 5.73 Å². The summed E-state index contributed by atoms with van der Waals surface area (Å²) in [7, 11) is 0. The van der Waals surface area contributed by atoms with E-state index in [1.165, 1.54) is 11.8 Å². The molecule has 0 aliphatic heterocycles. The monoisotopic (exact) mass is 272 g/mol. The number of amides is 3. The van der Waals surface area contributed by atoms with Crippen molar-refractivity contribution in [2.45, 2.75) is 37.7 Å². The molecule has 0 saturated heterocycles. The highest BCUT2D eigenvalue weighted by Crippen LogP contribution is 2.20. The molecule has 0 bridgehead atoms. The second-order valence-electron chi connectivity index (χ2n) is 4.15. The van der Waals surface area contributed by atoms with Crippen LogP contribution in [0.2, 0.25) is 0 Å². The molecule has 0 radical (unpaired) electrons. The van der Waals surface area contributed by atoms with Crippen molar-refractivity contribution in [1.29, 1.82) is 0 Å². The van der Waals surface area contributed by atoms with Gasteiger partial charge in [-0.15, -0.1) is 5.10 Å². The first kappa shape index (κ1) is 14.4. The summed E-state index contributed by atoms with van der Waals surface area (Å²) in [5.74, 6) is -0.0748. The maximum atomic E-state index is 11.5. The standard InChI is InChI=1S/C9H16N6O2S/c1-5(2)4-15-9(12-13-14-15)18-6(3)7(16)11-8(10)17/h5-6H,4H2,1-3H3,(H3,10,11,16,17)/t6-/m0/s1. The van der Waals surface area contributed by atoms with Crippen LogP contribution in [-0.2, 0) is 11.3 Å². The Morgan fingerprint density at radius 1 is 1.44 bits per heavy atom. The van der Waals surface area contributed by atoms with E-state index < -0.39 is 17.2 Å². The highest BCUT2D eigenvalue weighted by Gasteiger charge is 2.19. The van der Waals surface area contributed by atoms with Gasteiger partial charge in [-0.25, -0.2) is 9.48 Å². The molecule has 1 aromatic rings. The van der Waals surface area contributed by atoms with Crippen molar-refractivity contribution in [2.75, 3.05) is 0 Å². The van der Waals surface area contributed by atoms with Crippen LogP contribution < -0.4 is 11.1 Å². The minimum atomic E-state index is -0.866. The highest BCUT2D eigenvalue weighted by molar-refractivity contribution is 8.00. The van der Waals surface area contributed by atoms with Gasteiger partial charge in [0.15, 0.2) is 0 Å². The molecule has 9 heteroatoms. The van der Waals surface area contributed by atoms with E-state index in [0.717, 1.165) is 0 Å². The minimum Gasteiger partial charge on any atom is -0.351 e. The lowest BCUT2D eigenvalue weighted by Crippen LogP contribution is -2.39. The van der Waals surface area contributed by atoms with Crippen LogP contribution in [0.4, 0.5) is 4.79 Å². The average molecular weight is 272 g/mol. The van der Waals surface area contributed by atoms with Crippen LogP contribution in [0.1, 0.15) is 20.8 Å². The number of imide groups is 1. The molecule has 0 unspecified atom stereocenters. The molecule has 3 N–H and O–H groups in total. The number of carbonyl (C=O) groups excluding carboxylic acids is 2. The van der Waals surface area contributed by atoms with Gasteiger partial charge in [-0.2, -0.15) is 0 Å². The molecule has 1 heterocycles. The van der Waals surface area contributed by atoms with Crippen LogP contribution >= 0.6 is 11.8 Å². The lowest BCUT2D eigenvalue weighted by Gasteiger charge is -2.10. The largest absolute Gasteiger partial charge is 0.351 e. The summed E-state index contributed by atoms with van der Waals surface area (Å²) in [6, 6.07) is -0.866. The SMILES string of the molecule is CC(C)Cn1nnnc1S[C@@H](C)C(=O)NC(N)=O. The Morgan fingerprint density at radius 2 is 2.11 bits per heavy atom. The Kier molecular flexibility index (Phi) is 5.08. The Hall–Kier alpha value is -1.64. The molecule has 1 atom stereocenters. The van der Waals surface area contributed by atoms with E-state index in [-0.39, 0.29) is 0 Å². The first-order valence-electron chi connectivity index (χ1n) is 5.43. The number of tetrazole rings is 1. The van der Waals surface area contributed by atoms with E-state index in [4.69, 9.17) is 5.73 Å². The number of thioether (sulfide) groups is 1. The first-order valence-corrected chi connectivity index (χ1v) is 6.31. The molecule has 1 rings (SSSR count). The molecule has 8 nitrogen and oxygen atoms in total. The van der Waals surface area contributed by atoms with Crippen LogP contribution in [0.25, 0.3) is 0 Å². The van der Waals surface area contributed by atoms with Crippen LogP contribution in [-0.4, -0.2) is 37.4 Å². The summed E-state index contributed by atoms with van der Waals surface area (Å²) in [5.41, 5.74) is 4.87. The van der Waals surface area contributed by atoms with Crippen molar-refractivity contribution in [3.63, 3.8) is 0 Å². The number of carbonyl (C=O) groups is 2. The molecule has 0 aliphatic carbocycles. The molecule has 100 valence electrons. The summed E-state index contributed by atoms with van der Waals surface area (Å²) < 4.78 is 1.63. The highest BCUT2D eigenvalue weighted by atomic mass is 32.2. The van der Waals surface area contributed by atoms with Crippen molar-refractivity contribution in [2.24, 2.45) is 11.7 Å². The van der Waals surface area contributed by atoms with E-state index in [0.29, 0.717) is 17.6 Å². The molecule has 0 aliphatic rings. The van der Waals surface area contributed by atoms with Gasteiger partial charge in [0.2, 0.25) is 11.1 Å². The van der Waals surface area contributed by atoms with Crippen molar-refractivity contribution < 1.29 is 9.59 Å². The Balaban J connectivity index is 2.64. The number of hydrogen-bond donors (Lipinski definition) is 2. The predicted molar refractivity (Wildman–Crippen MR) is 65.7 cm³/mol. The Bertz CT molecular complexity index is 432. The first-order chi connectivity index (χ1) is 8.40. The molecule has 0 spiro atoms. The number of nitrogens with two attached hydrogens (primary N) is 1. The van der Waals surface area contributed by atoms with Crippen LogP contribution in [0, 0.1) is 5.92 Å². The number of rotatable bonds is 5. The number of nitrogens with zero attached hydrogens (tertiary/aromatic N) is 4. The smallest absolute Gasteiger partial charge is 0.318 e. The second kappa shape index (κ2) is 6.34. The van der Waals surface area contributed by atoms with Gasteiger partial charge in [-0.1, -0.05) is 25.6 Å². The lowest BCUT2D eigenvalue weighted by atomic mass is 10.2. The average Bonchev–Trinajstić information content (AvgIpc) is 2.63. The summed E-state index contributed by atoms with van der Waals surface area (Å²) in [5, 5.41) is 13.3. The fourth-order valence-electron chi connectivity index (χ4n) is 1.18. The summed E-state index contributed by atoms with van der Waals surface area (Å²) in [6.45, 7) is 6.40. The number of primary amides is 1. The van der Waals surface area contributed by atoms with Crippen molar-refractivity contribution in [3.8, 4) is 0 Å². The maximum Gasteiger partial charge on any atom is 0.318 e. The molecule has 1 aromatic heterocycles. The van der Waals surface area contributed by atoms with E-state index in [2.05, 4.69) is 15.5 Å². The zero-order chi connectivity index (χ0) is 13.7. The van der Waals surface area contributed by atoms with Gasteiger partial charge >= 0.3 is 6.03 Å². The quantitative estimate of drug-likeness (QED) is 0.729. The third-order valence-electron chi connectivity index (χ3n) is 1.93.